The van der Waals surface area contributed by atoms with Crippen LogP contribution in [0.4, 0.5) is 0 Å². The molecule has 0 aliphatic heterocycles. The van der Waals surface area contributed by atoms with Crippen LogP contribution in [0.25, 0.3) is 0 Å². The molecule has 2 aliphatic carbocycles. The molecule has 0 heterocycles. The number of aliphatic hydroxyl groups excluding tert-OH is 2. The van der Waals surface area contributed by atoms with Gasteiger partial charge in [0.05, 0.1) is 0 Å². The maximum atomic E-state index is 9.12. The van der Waals surface area contributed by atoms with Crippen LogP contribution < -0.4 is 0 Å². The molecule has 0 amide bonds. The van der Waals surface area contributed by atoms with Gasteiger partial charge in [0, 0.05) is 13.2 Å². The smallest absolute Gasteiger partial charge is 0.0433 e. The molecule has 0 saturated heterocycles. The van der Waals surface area contributed by atoms with Gasteiger partial charge in [-0.25, -0.2) is 0 Å². The topological polar surface area (TPSA) is 40.5 Å². The molecule has 0 aromatic carbocycles. The summed E-state index contributed by atoms with van der Waals surface area (Å²) in [7, 11) is 0. The molecule has 0 spiro atoms. The molecule has 0 radical (unpaired) electrons. The Hall–Kier alpha value is -0.0800. The van der Waals surface area contributed by atoms with E-state index in [1.54, 1.807) is 0 Å². The third-order valence-corrected chi connectivity index (χ3v) is 12.5. The lowest BCUT2D eigenvalue weighted by Crippen LogP contribution is -2.10. The Bertz CT molecular complexity index is 579. The van der Waals surface area contributed by atoms with Gasteiger partial charge in [0.15, 0.2) is 0 Å². The molecular weight excluding hydrogens is 512 g/mol. The fourth-order valence-electron chi connectivity index (χ4n) is 8.93. The summed E-state index contributed by atoms with van der Waals surface area (Å²) in [5.41, 5.74) is 0. The predicted molar refractivity (Wildman–Crippen MR) is 185 cm³/mol. The lowest BCUT2D eigenvalue weighted by Gasteiger charge is -2.22. The summed E-state index contributed by atoms with van der Waals surface area (Å²) in [6.07, 6.45) is 30.6. The van der Waals surface area contributed by atoms with Crippen LogP contribution in [0.2, 0.25) is 0 Å². The fourth-order valence-corrected chi connectivity index (χ4v) is 8.93. The molecule has 2 N–H and O–H groups in total. The van der Waals surface area contributed by atoms with E-state index in [1.165, 1.54) is 128 Å². The third kappa shape index (κ3) is 16.3. The minimum absolute atomic E-state index is 0.358. The Morgan fingerprint density at radius 3 is 1.17 bits per heavy atom. The van der Waals surface area contributed by atoms with Gasteiger partial charge in [0.1, 0.15) is 0 Å². The number of aliphatic hydroxyl groups is 2. The summed E-state index contributed by atoms with van der Waals surface area (Å²) in [5.74, 6) is 8.99. The summed E-state index contributed by atoms with van der Waals surface area (Å²) >= 11 is 0. The molecular formula is C40H78O2. The molecule has 2 saturated carbocycles. The number of rotatable bonds is 25. The van der Waals surface area contributed by atoms with E-state index in [-0.39, 0.29) is 0 Å². The maximum absolute atomic E-state index is 9.12. The van der Waals surface area contributed by atoms with E-state index in [9.17, 15) is 0 Å². The Balaban J connectivity index is 1.46. The highest BCUT2D eigenvalue weighted by atomic mass is 16.3. The van der Waals surface area contributed by atoms with Crippen LogP contribution in [-0.2, 0) is 0 Å². The molecule has 0 unspecified atom stereocenters. The quantitative estimate of drug-likeness (QED) is 0.111. The van der Waals surface area contributed by atoms with E-state index >= 15 is 0 Å². The molecule has 0 bridgehead atoms. The zero-order valence-corrected chi connectivity index (χ0v) is 29.6. The van der Waals surface area contributed by atoms with Crippen molar-refractivity contribution in [3.05, 3.63) is 0 Å². The molecule has 2 fully saturated rings. The van der Waals surface area contributed by atoms with Gasteiger partial charge in [-0.05, 0) is 97.7 Å². The first-order valence-corrected chi connectivity index (χ1v) is 19.4. The van der Waals surface area contributed by atoms with Gasteiger partial charge in [-0.15, -0.1) is 0 Å². The summed E-state index contributed by atoms with van der Waals surface area (Å²) in [4.78, 5) is 0. The highest BCUT2D eigenvalue weighted by Gasteiger charge is 2.29. The van der Waals surface area contributed by atoms with Crippen molar-refractivity contribution in [2.24, 2.45) is 59.2 Å². The Kier molecular flexibility index (Phi) is 20.3. The summed E-state index contributed by atoms with van der Waals surface area (Å²) < 4.78 is 0. The van der Waals surface area contributed by atoms with Gasteiger partial charge >= 0.3 is 0 Å². The summed E-state index contributed by atoms with van der Waals surface area (Å²) in [6.45, 7) is 15.5. The molecule has 2 nitrogen and oxygen atoms in total. The second-order valence-electron chi connectivity index (χ2n) is 16.6. The van der Waals surface area contributed by atoms with E-state index in [4.69, 9.17) is 10.2 Å². The van der Waals surface area contributed by atoms with Gasteiger partial charge in [-0.1, -0.05) is 144 Å². The molecule has 2 heteroatoms. The van der Waals surface area contributed by atoms with Crippen molar-refractivity contribution in [1.29, 1.82) is 0 Å². The fraction of sp³-hybridized carbons (Fsp3) is 1.00. The van der Waals surface area contributed by atoms with Gasteiger partial charge in [0.2, 0.25) is 0 Å². The van der Waals surface area contributed by atoms with E-state index in [1.807, 2.05) is 0 Å². The highest BCUT2D eigenvalue weighted by Crippen LogP contribution is 2.41. The molecule has 250 valence electrons. The highest BCUT2D eigenvalue weighted by molar-refractivity contribution is 4.81. The van der Waals surface area contributed by atoms with Crippen molar-refractivity contribution in [3.63, 3.8) is 0 Å². The largest absolute Gasteiger partial charge is 0.396 e. The maximum Gasteiger partial charge on any atom is 0.0433 e. The van der Waals surface area contributed by atoms with Crippen LogP contribution >= 0.6 is 0 Å². The van der Waals surface area contributed by atoms with Gasteiger partial charge in [-0.3, -0.25) is 0 Å². The van der Waals surface area contributed by atoms with Crippen molar-refractivity contribution >= 4 is 0 Å². The van der Waals surface area contributed by atoms with Gasteiger partial charge < -0.3 is 10.2 Å². The van der Waals surface area contributed by atoms with Crippen molar-refractivity contribution < 1.29 is 10.2 Å². The molecule has 10 atom stereocenters. The zero-order chi connectivity index (χ0) is 30.7. The standard InChI is InChI=1S/C40H78O2/c1-31(11-7-15-35(5)39-23-21-37(29-39)17-9-13-33(3)25-27-41)19-20-32(2)12-8-16-36(6)40-24-22-38(30-40)18-10-14-34(4)26-28-42/h31-42H,7-30H2,1-6H3/t31-,32-,33+,34+,35+,36+,37-,38-,39-,40-/m0/s1. The van der Waals surface area contributed by atoms with Crippen LogP contribution in [0.5, 0.6) is 0 Å². The molecule has 0 aromatic rings. The molecule has 0 aromatic heterocycles. The molecule has 42 heavy (non-hydrogen) atoms. The van der Waals surface area contributed by atoms with Crippen LogP contribution in [0.15, 0.2) is 0 Å². The molecule has 2 rings (SSSR count). The van der Waals surface area contributed by atoms with Crippen molar-refractivity contribution in [3.8, 4) is 0 Å². The van der Waals surface area contributed by atoms with Crippen LogP contribution in [0.3, 0.4) is 0 Å². The Labute approximate surface area is 265 Å². The van der Waals surface area contributed by atoms with Crippen molar-refractivity contribution in [1.82, 2.24) is 0 Å². The average molecular weight is 591 g/mol. The zero-order valence-electron chi connectivity index (χ0n) is 29.6. The summed E-state index contributed by atoms with van der Waals surface area (Å²) in [6, 6.07) is 0. The predicted octanol–water partition coefficient (Wildman–Crippen LogP) is 11.9. The van der Waals surface area contributed by atoms with E-state index in [0.717, 1.165) is 60.2 Å². The Morgan fingerprint density at radius 1 is 0.429 bits per heavy atom. The molecule has 2 aliphatic rings. The van der Waals surface area contributed by atoms with Crippen LogP contribution in [-0.4, -0.2) is 23.4 Å². The number of hydrogen-bond donors (Lipinski definition) is 2. The SMILES string of the molecule is C[C@@H](CCO)CCC[C@H]1CC[C@H]([C@H](C)CCC[C@H](C)CC[C@@H](C)CCC[C@@H](C)[C@H]2CC[C@H](CCC[C@@H](C)CCO)C2)C1. The van der Waals surface area contributed by atoms with Crippen molar-refractivity contribution in [2.75, 3.05) is 13.2 Å². The first kappa shape index (κ1) is 38.1. The van der Waals surface area contributed by atoms with E-state index < -0.39 is 0 Å². The summed E-state index contributed by atoms with van der Waals surface area (Å²) in [5, 5.41) is 18.2. The minimum Gasteiger partial charge on any atom is -0.396 e. The normalized spacial score (nSPS) is 27.1. The lowest BCUT2D eigenvalue weighted by atomic mass is 9.84. The van der Waals surface area contributed by atoms with Crippen molar-refractivity contribution in [2.45, 2.75) is 183 Å². The first-order valence-electron chi connectivity index (χ1n) is 19.4. The second-order valence-corrected chi connectivity index (χ2v) is 16.6. The lowest BCUT2D eigenvalue weighted by molar-refractivity contribution is 0.254. The number of hydrogen-bond acceptors (Lipinski definition) is 2. The van der Waals surface area contributed by atoms with E-state index in [0.29, 0.717) is 25.0 Å². The minimum atomic E-state index is 0.358. The first-order chi connectivity index (χ1) is 20.2. The Morgan fingerprint density at radius 2 is 0.786 bits per heavy atom. The van der Waals surface area contributed by atoms with Crippen LogP contribution in [0, 0.1) is 59.2 Å². The van der Waals surface area contributed by atoms with E-state index in [2.05, 4.69) is 41.5 Å². The van der Waals surface area contributed by atoms with Crippen LogP contribution in [0.1, 0.15) is 183 Å². The second kappa shape index (κ2) is 22.4. The average Bonchev–Trinajstić information content (AvgIpc) is 3.62. The monoisotopic (exact) mass is 591 g/mol. The van der Waals surface area contributed by atoms with Gasteiger partial charge in [0.25, 0.3) is 0 Å². The third-order valence-electron chi connectivity index (χ3n) is 12.5. The van der Waals surface area contributed by atoms with Gasteiger partial charge in [-0.2, -0.15) is 0 Å².